The molecule has 3 aromatic rings. The van der Waals surface area contributed by atoms with Crippen molar-refractivity contribution < 1.29 is 31.1 Å². The van der Waals surface area contributed by atoms with Crippen molar-refractivity contribution in [2.24, 2.45) is 7.05 Å². The second kappa shape index (κ2) is 12.0. The zero-order valence-corrected chi connectivity index (χ0v) is 26.0. The number of aryl methyl sites for hydroxylation is 1. The number of nitrogens with zero attached hydrogens (tertiary/aromatic N) is 5. The maximum absolute atomic E-state index is 13.2. The number of likely N-dealkylation sites (N-methyl/N-ethyl adjacent to an activating group) is 1. The van der Waals surface area contributed by atoms with E-state index in [4.69, 9.17) is 21.1 Å². The van der Waals surface area contributed by atoms with Crippen LogP contribution in [0.1, 0.15) is 29.9 Å². The molecule has 16 heteroatoms. The number of sulfone groups is 1. The van der Waals surface area contributed by atoms with Crippen LogP contribution in [0, 0.1) is 0 Å². The highest BCUT2D eigenvalue weighted by Crippen LogP contribution is 2.34. The number of hydrogen-bond acceptors (Lipinski definition) is 9. The standard InChI is InChI=1S/C23H29BrClN5O7S2/c1-7-16-19(26-29(5)23(16)37-8-2)22(31)28(4)9-10-36-13-14(3)39(34,35)15-11-17-20(18(25)12-15)30(27-21(17)24)38(6,32)33/h7,11-12,14H,1,8-10,13H2,2-6H3/t14-/m0/s1. The maximum atomic E-state index is 13.2. The van der Waals surface area contributed by atoms with Crippen LogP contribution in [0.2, 0.25) is 5.02 Å². The molecule has 0 saturated carbocycles. The van der Waals surface area contributed by atoms with Crippen LogP contribution in [0.4, 0.5) is 0 Å². The number of carbonyl (C=O) groups is 1. The van der Waals surface area contributed by atoms with E-state index in [0.717, 1.165) is 10.3 Å². The molecule has 2 heterocycles. The van der Waals surface area contributed by atoms with Gasteiger partial charge in [-0.25, -0.2) is 21.5 Å². The lowest BCUT2D eigenvalue weighted by Crippen LogP contribution is -2.32. The third kappa shape index (κ3) is 6.32. The number of aromatic nitrogens is 4. The predicted molar refractivity (Wildman–Crippen MR) is 152 cm³/mol. The molecule has 0 saturated heterocycles. The Kier molecular flexibility index (Phi) is 9.53. The minimum Gasteiger partial charge on any atom is -0.478 e. The van der Waals surface area contributed by atoms with Crippen LogP contribution in [-0.2, 0) is 31.6 Å². The van der Waals surface area contributed by atoms with Crippen LogP contribution in [0.5, 0.6) is 5.88 Å². The zero-order valence-electron chi connectivity index (χ0n) is 22.0. The van der Waals surface area contributed by atoms with Gasteiger partial charge in [0, 0.05) is 26.0 Å². The SMILES string of the molecule is C=Cc1c(C(=O)N(C)CCOC[C@H](C)S(=O)(=O)c2cc(Cl)c3c(c2)c(Br)nn3S(C)(=O)=O)nn(C)c1OCC. The third-order valence-corrected chi connectivity index (χ3v) is 9.64. The Balaban J connectivity index is 1.68. The fourth-order valence-electron chi connectivity index (χ4n) is 3.74. The molecular formula is C23H29BrClN5O7S2. The number of amides is 1. The largest absolute Gasteiger partial charge is 0.478 e. The van der Waals surface area contributed by atoms with Crippen LogP contribution in [0.25, 0.3) is 17.0 Å². The van der Waals surface area contributed by atoms with Crippen LogP contribution in [0.15, 0.2) is 28.2 Å². The smallest absolute Gasteiger partial charge is 0.274 e. The van der Waals surface area contributed by atoms with Crippen LogP contribution < -0.4 is 4.74 Å². The number of rotatable bonds is 12. The van der Waals surface area contributed by atoms with Gasteiger partial charge in [0.1, 0.15) is 10.1 Å². The Morgan fingerprint density at radius 3 is 2.54 bits per heavy atom. The summed E-state index contributed by atoms with van der Waals surface area (Å²) >= 11 is 9.46. The van der Waals surface area contributed by atoms with E-state index in [1.54, 1.807) is 14.1 Å². The average Bonchev–Trinajstić information content (AvgIpc) is 3.38. The summed E-state index contributed by atoms with van der Waals surface area (Å²) in [7, 11) is -4.43. The molecule has 3 rings (SSSR count). The third-order valence-electron chi connectivity index (χ3n) is 5.79. The van der Waals surface area contributed by atoms with Gasteiger partial charge in [0.25, 0.3) is 15.9 Å². The number of halogens is 2. The van der Waals surface area contributed by atoms with Gasteiger partial charge >= 0.3 is 0 Å². The van der Waals surface area contributed by atoms with Crippen LogP contribution >= 0.6 is 27.5 Å². The van der Waals surface area contributed by atoms with Crippen molar-refractivity contribution >= 4 is 70.3 Å². The first-order valence-corrected chi connectivity index (χ1v) is 16.2. The van der Waals surface area contributed by atoms with Crippen LogP contribution in [-0.4, -0.2) is 91.5 Å². The second-order valence-electron chi connectivity index (χ2n) is 8.68. The normalized spacial score (nSPS) is 13.0. The summed E-state index contributed by atoms with van der Waals surface area (Å²) in [6.45, 7) is 7.55. The monoisotopic (exact) mass is 665 g/mol. The van der Waals surface area contributed by atoms with E-state index in [1.165, 1.54) is 34.7 Å². The van der Waals surface area contributed by atoms with Gasteiger partial charge in [-0.15, -0.1) is 5.10 Å². The van der Waals surface area contributed by atoms with E-state index < -0.39 is 25.1 Å². The van der Waals surface area contributed by atoms with Crippen LogP contribution in [0.3, 0.4) is 0 Å². The Morgan fingerprint density at radius 1 is 1.28 bits per heavy atom. The Bertz CT molecular complexity index is 1630. The molecule has 39 heavy (non-hydrogen) atoms. The molecule has 0 bridgehead atoms. The van der Waals surface area contributed by atoms with Crippen molar-refractivity contribution in [2.75, 3.05) is 39.7 Å². The first kappa shape index (κ1) is 31.1. The zero-order chi connectivity index (χ0) is 29.3. The molecule has 1 aromatic carbocycles. The van der Waals surface area contributed by atoms with E-state index in [1.807, 2.05) is 6.92 Å². The number of fused-ring (bicyclic) bond motifs is 1. The molecular weight excluding hydrogens is 638 g/mol. The minimum atomic E-state index is -3.91. The molecule has 2 aromatic heterocycles. The summed E-state index contributed by atoms with van der Waals surface area (Å²) in [6, 6.07) is 2.51. The molecule has 0 spiro atoms. The Labute approximate surface area is 240 Å². The number of benzene rings is 1. The molecule has 12 nitrogen and oxygen atoms in total. The van der Waals surface area contributed by atoms with Gasteiger partial charge in [0.05, 0.1) is 46.8 Å². The summed E-state index contributed by atoms with van der Waals surface area (Å²) in [4.78, 5) is 14.2. The summed E-state index contributed by atoms with van der Waals surface area (Å²) in [6.07, 6.45) is 2.47. The van der Waals surface area contributed by atoms with E-state index in [0.29, 0.717) is 18.1 Å². The number of hydrogen-bond donors (Lipinski definition) is 0. The molecule has 0 radical (unpaired) electrons. The maximum Gasteiger partial charge on any atom is 0.274 e. The van der Waals surface area contributed by atoms with Gasteiger partial charge in [-0.05, 0) is 41.9 Å². The van der Waals surface area contributed by atoms with E-state index in [9.17, 15) is 21.6 Å². The van der Waals surface area contributed by atoms with E-state index in [-0.39, 0.29) is 56.8 Å². The molecule has 0 fully saturated rings. The molecule has 0 N–H and O–H groups in total. The number of ether oxygens (including phenoxy) is 2. The summed E-state index contributed by atoms with van der Waals surface area (Å²) in [5.74, 6) is 0.0763. The lowest BCUT2D eigenvalue weighted by Gasteiger charge is -2.18. The topological polar surface area (TPSA) is 143 Å². The van der Waals surface area contributed by atoms with Gasteiger partial charge in [0.2, 0.25) is 5.88 Å². The van der Waals surface area contributed by atoms with Crippen molar-refractivity contribution in [2.45, 2.75) is 24.0 Å². The van der Waals surface area contributed by atoms with Crippen molar-refractivity contribution in [3.8, 4) is 5.88 Å². The van der Waals surface area contributed by atoms with Gasteiger partial charge in [-0.3, -0.25) is 4.79 Å². The molecule has 0 aliphatic carbocycles. The van der Waals surface area contributed by atoms with Crippen molar-refractivity contribution in [1.82, 2.24) is 23.9 Å². The van der Waals surface area contributed by atoms with Gasteiger partial charge in [-0.2, -0.15) is 9.19 Å². The fraction of sp³-hybridized carbons (Fsp3) is 0.435. The van der Waals surface area contributed by atoms with Crippen molar-refractivity contribution in [3.05, 3.63) is 39.6 Å². The van der Waals surface area contributed by atoms with Gasteiger partial charge in [-0.1, -0.05) is 24.3 Å². The quantitative estimate of drug-likeness (QED) is 0.267. The number of carbonyl (C=O) groups excluding carboxylic acids is 1. The molecule has 0 unspecified atom stereocenters. The summed E-state index contributed by atoms with van der Waals surface area (Å²) < 4.78 is 64.0. The molecule has 1 atom stereocenters. The van der Waals surface area contributed by atoms with Gasteiger partial charge < -0.3 is 14.4 Å². The molecule has 0 aliphatic rings. The minimum absolute atomic E-state index is 0.0718. The van der Waals surface area contributed by atoms with Crippen molar-refractivity contribution in [3.63, 3.8) is 0 Å². The second-order valence-corrected chi connectivity index (χ2v) is 14.0. The Morgan fingerprint density at radius 2 is 1.95 bits per heavy atom. The first-order valence-electron chi connectivity index (χ1n) is 11.6. The Hall–Kier alpha value is -2.46. The molecule has 0 aliphatic heterocycles. The average molecular weight is 667 g/mol. The van der Waals surface area contributed by atoms with E-state index >= 15 is 0 Å². The highest BCUT2D eigenvalue weighted by Gasteiger charge is 2.28. The predicted octanol–water partition coefficient (Wildman–Crippen LogP) is 2.99. The van der Waals surface area contributed by atoms with Crippen molar-refractivity contribution in [1.29, 1.82) is 0 Å². The lowest BCUT2D eigenvalue weighted by atomic mass is 10.2. The summed E-state index contributed by atoms with van der Waals surface area (Å²) in [5.41, 5.74) is 0.746. The molecule has 214 valence electrons. The first-order chi connectivity index (χ1) is 18.1. The van der Waals surface area contributed by atoms with E-state index in [2.05, 4.69) is 32.7 Å². The molecule has 1 amide bonds. The lowest BCUT2D eigenvalue weighted by molar-refractivity contribution is 0.0691. The fourth-order valence-corrected chi connectivity index (χ4v) is 6.79. The summed E-state index contributed by atoms with van der Waals surface area (Å²) in [5, 5.41) is 7.36. The highest BCUT2D eigenvalue weighted by atomic mass is 79.9. The highest BCUT2D eigenvalue weighted by molar-refractivity contribution is 9.10. The van der Waals surface area contributed by atoms with Gasteiger partial charge in [0.15, 0.2) is 15.5 Å².